The van der Waals surface area contributed by atoms with E-state index in [9.17, 15) is 0 Å². The lowest BCUT2D eigenvalue weighted by Gasteiger charge is -2.12. The summed E-state index contributed by atoms with van der Waals surface area (Å²) in [5.41, 5.74) is 0. The quantitative estimate of drug-likeness (QED) is 0.818. The normalized spacial score (nSPS) is 12.9. The molecule has 1 unspecified atom stereocenters. The predicted octanol–water partition coefficient (Wildman–Crippen LogP) is 2.19. The highest BCUT2D eigenvalue weighted by molar-refractivity contribution is 7.11. The van der Waals surface area contributed by atoms with E-state index in [-0.39, 0.29) is 6.10 Å². The van der Waals surface area contributed by atoms with Gasteiger partial charge >= 0.3 is 0 Å². The maximum atomic E-state index is 5.55. The first-order valence-electron chi connectivity index (χ1n) is 5.62. The molecule has 0 spiro atoms. The van der Waals surface area contributed by atoms with Crippen LogP contribution in [-0.2, 0) is 11.3 Å². The summed E-state index contributed by atoms with van der Waals surface area (Å²) in [4.78, 5) is 4.33. The summed E-state index contributed by atoms with van der Waals surface area (Å²) in [6.45, 7) is 7.34. The van der Waals surface area contributed by atoms with E-state index in [0.29, 0.717) is 13.2 Å². The number of hydrogen-bond acceptors (Lipinski definition) is 5. The van der Waals surface area contributed by atoms with Crippen LogP contribution in [0.4, 0.5) is 0 Å². The molecular weight excluding hydrogens is 236 g/mol. The second-order valence-electron chi connectivity index (χ2n) is 3.73. The van der Waals surface area contributed by atoms with Crippen LogP contribution in [-0.4, -0.2) is 26.4 Å². The highest BCUT2D eigenvalue weighted by Gasteiger charge is 2.13. The molecule has 0 aromatic carbocycles. The average Bonchev–Trinajstić information content (AvgIpc) is 2.89. The molecule has 2 aromatic rings. The number of ether oxygens (including phenoxy) is 1. The minimum Gasteiger partial charge on any atom is -0.371 e. The molecule has 2 heterocycles. The third-order valence-corrected chi connectivity index (χ3v) is 3.22. The van der Waals surface area contributed by atoms with E-state index in [2.05, 4.69) is 19.7 Å². The summed E-state index contributed by atoms with van der Waals surface area (Å²) in [6.07, 6.45) is 3.74. The van der Waals surface area contributed by atoms with Crippen molar-refractivity contribution in [3.63, 3.8) is 0 Å². The Labute approximate surface area is 104 Å². The fourth-order valence-electron chi connectivity index (χ4n) is 1.68. The van der Waals surface area contributed by atoms with Gasteiger partial charge in [-0.15, -0.1) is 10.2 Å². The maximum Gasteiger partial charge on any atom is 0.138 e. The zero-order chi connectivity index (χ0) is 12.3. The maximum absolute atomic E-state index is 5.55. The number of nitrogens with zero attached hydrogens (tertiary/aromatic N) is 4. The number of hydrogen-bond donors (Lipinski definition) is 0. The standard InChI is InChI=1S/C11H16N4OS/c1-4-16-8(2)11-12-5-6-15(11)7-10-14-13-9(3)17-10/h5-6,8H,4,7H2,1-3H3. The van der Waals surface area contributed by atoms with Gasteiger partial charge < -0.3 is 9.30 Å². The molecule has 2 rings (SSSR count). The second kappa shape index (κ2) is 5.37. The van der Waals surface area contributed by atoms with Gasteiger partial charge in [-0.1, -0.05) is 11.3 Å². The van der Waals surface area contributed by atoms with Crippen LogP contribution in [0.1, 0.15) is 35.8 Å². The summed E-state index contributed by atoms with van der Waals surface area (Å²) in [5.74, 6) is 0.930. The Morgan fingerprint density at radius 1 is 1.47 bits per heavy atom. The summed E-state index contributed by atoms with van der Waals surface area (Å²) < 4.78 is 7.61. The first kappa shape index (κ1) is 12.2. The Morgan fingerprint density at radius 3 is 2.94 bits per heavy atom. The van der Waals surface area contributed by atoms with Crippen molar-refractivity contribution < 1.29 is 4.74 Å². The molecule has 92 valence electrons. The fraction of sp³-hybridized carbons (Fsp3) is 0.545. The molecule has 0 aliphatic carbocycles. The van der Waals surface area contributed by atoms with Crippen LogP contribution in [0, 0.1) is 6.92 Å². The molecule has 2 aromatic heterocycles. The summed E-state index contributed by atoms with van der Waals surface area (Å²) in [7, 11) is 0. The fourth-order valence-corrected chi connectivity index (χ4v) is 2.39. The Balaban J connectivity index is 2.13. The molecule has 5 nitrogen and oxygen atoms in total. The van der Waals surface area contributed by atoms with Crippen molar-refractivity contribution in [1.82, 2.24) is 19.7 Å². The number of rotatable bonds is 5. The largest absolute Gasteiger partial charge is 0.371 e. The van der Waals surface area contributed by atoms with E-state index in [1.807, 2.05) is 27.0 Å². The van der Waals surface area contributed by atoms with Crippen molar-refractivity contribution in [2.24, 2.45) is 0 Å². The van der Waals surface area contributed by atoms with Crippen molar-refractivity contribution in [2.75, 3.05) is 6.61 Å². The van der Waals surface area contributed by atoms with E-state index >= 15 is 0 Å². The summed E-state index contributed by atoms with van der Waals surface area (Å²) >= 11 is 1.61. The van der Waals surface area contributed by atoms with Crippen LogP contribution in [0.2, 0.25) is 0 Å². The highest BCUT2D eigenvalue weighted by Crippen LogP contribution is 2.17. The number of aromatic nitrogens is 4. The Morgan fingerprint density at radius 2 is 2.29 bits per heavy atom. The first-order chi connectivity index (χ1) is 8.20. The highest BCUT2D eigenvalue weighted by atomic mass is 32.1. The van der Waals surface area contributed by atoms with Gasteiger partial charge in [0.25, 0.3) is 0 Å². The monoisotopic (exact) mass is 252 g/mol. The van der Waals surface area contributed by atoms with Crippen LogP contribution in [0.15, 0.2) is 12.4 Å². The van der Waals surface area contributed by atoms with Gasteiger partial charge in [0.15, 0.2) is 0 Å². The summed E-state index contributed by atoms with van der Waals surface area (Å²) in [6, 6.07) is 0. The molecule has 0 amide bonds. The van der Waals surface area contributed by atoms with Gasteiger partial charge in [0.2, 0.25) is 0 Å². The van der Waals surface area contributed by atoms with E-state index in [4.69, 9.17) is 4.74 Å². The molecule has 0 bridgehead atoms. The zero-order valence-corrected chi connectivity index (χ0v) is 11.1. The van der Waals surface area contributed by atoms with E-state index < -0.39 is 0 Å². The van der Waals surface area contributed by atoms with E-state index in [1.165, 1.54) is 0 Å². The molecule has 6 heteroatoms. The zero-order valence-electron chi connectivity index (χ0n) is 10.3. The number of imidazole rings is 1. The van der Waals surface area contributed by atoms with Crippen LogP contribution in [0.5, 0.6) is 0 Å². The lowest BCUT2D eigenvalue weighted by molar-refractivity contribution is 0.0677. The molecule has 0 aliphatic rings. The third kappa shape index (κ3) is 2.89. The lowest BCUT2D eigenvalue weighted by Crippen LogP contribution is -2.10. The molecule has 0 fully saturated rings. The van der Waals surface area contributed by atoms with Crippen LogP contribution in [0.25, 0.3) is 0 Å². The second-order valence-corrected chi connectivity index (χ2v) is 4.99. The molecule has 0 aliphatic heterocycles. The van der Waals surface area contributed by atoms with Gasteiger partial charge in [-0.05, 0) is 20.8 Å². The Kier molecular flexibility index (Phi) is 3.86. The van der Waals surface area contributed by atoms with Gasteiger partial charge in [-0.2, -0.15) is 0 Å². The SMILES string of the molecule is CCOC(C)c1nccn1Cc1nnc(C)s1. The smallest absolute Gasteiger partial charge is 0.138 e. The Hall–Kier alpha value is -1.27. The lowest BCUT2D eigenvalue weighted by atomic mass is 10.3. The van der Waals surface area contributed by atoms with Crippen molar-refractivity contribution in [3.8, 4) is 0 Å². The van der Waals surface area contributed by atoms with Gasteiger partial charge in [0.1, 0.15) is 21.9 Å². The molecule has 0 radical (unpaired) electrons. The average molecular weight is 252 g/mol. The van der Waals surface area contributed by atoms with Gasteiger partial charge in [-0.25, -0.2) is 4.98 Å². The van der Waals surface area contributed by atoms with Crippen molar-refractivity contribution in [2.45, 2.75) is 33.4 Å². The number of aryl methyl sites for hydroxylation is 1. The molecule has 0 N–H and O–H groups in total. The molecule has 0 saturated carbocycles. The van der Waals surface area contributed by atoms with Gasteiger partial charge in [0.05, 0.1) is 6.54 Å². The van der Waals surface area contributed by atoms with E-state index in [1.54, 1.807) is 17.5 Å². The minimum atomic E-state index is 0.00372. The van der Waals surface area contributed by atoms with Crippen molar-refractivity contribution in [3.05, 3.63) is 28.2 Å². The molecule has 0 saturated heterocycles. The topological polar surface area (TPSA) is 52.8 Å². The van der Waals surface area contributed by atoms with Crippen LogP contribution >= 0.6 is 11.3 Å². The van der Waals surface area contributed by atoms with Crippen LogP contribution in [0.3, 0.4) is 0 Å². The van der Waals surface area contributed by atoms with Gasteiger partial charge in [-0.3, -0.25) is 0 Å². The van der Waals surface area contributed by atoms with Gasteiger partial charge in [0, 0.05) is 19.0 Å². The predicted molar refractivity (Wildman–Crippen MR) is 66.0 cm³/mol. The molecule has 17 heavy (non-hydrogen) atoms. The summed E-state index contributed by atoms with van der Waals surface area (Å²) in [5, 5.41) is 10.1. The molecular formula is C11H16N4OS. The van der Waals surface area contributed by atoms with Crippen molar-refractivity contribution in [1.29, 1.82) is 0 Å². The molecule has 1 atom stereocenters. The minimum absolute atomic E-state index is 0.00372. The third-order valence-electron chi connectivity index (χ3n) is 2.40. The first-order valence-corrected chi connectivity index (χ1v) is 6.44. The van der Waals surface area contributed by atoms with E-state index in [0.717, 1.165) is 15.8 Å². The van der Waals surface area contributed by atoms with Crippen molar-refractivity contribution >= 4 is 11.3 Å². The van der Waals surface area contributed by atoms with Crippen LogP contribution < -0.4 is 0 Å². The Bertz CT molecular complexity index is 479.